The molecule has 25 heavy (non-hydrogen) atoms. The standard InChI is InChI=1S/C18H15BrN2O3S/c1-23-14-5-4-13(21-18(22)16-6-7-17(19)25-16)9-15(14)24-11-12-3-2-8-20-10-12/h2-10H,11H2,1H3,(H,21,22). The SMILES string of the molecule is COc1ccc(NC(=O)c2ccc(Br)s2)cc1OCc1cccnc1. The Balaban J connectivity index is 1.74. The summed E-state index contributed by atoms with van der Waals surface area (Å²) in [6.07, 6.45) is 3.45. The molecule has 0 aliphatic heterocycles. The van der Waals surface area contributed by atoms with E-state index in [9.17, 15) is 4.79 Å². The first-order valence-corrected chi connectivity index (χ1v) is 9.03. The fraction of sp³-hybridized carbons (Fsp3) is 0.111. The number of carbonyl (C=O) groups is 1. The quantitative estimate of drug-likeness (QED) is 0.627. The average molecular weight is 419 g/mol. The molecule has 0 spiro atoms. The fourth-order valence-electron chi connectivity index (χ4n) is 2.14. The van der Waals surface area contributed by atoms with Crippen molar-refractivity contribution in [2.24, 2.45) is 0 Å². The number of nitrogens with zero attached hydrogens (tertiary/aromatic N) is 1. The number of hydrogen-bond donors (Lipinski definition) is 1. The van der Waals surface area contributed by atoms with E-state index in [2.05, 4.69) is 26.2 Å². The minimum atomic E-state index is -0.168. The van der Waals surface area contributed by atoms with Crippen LogP contribution in [-0.4, -0.2) is 18.0 Å². The number of anilines is 1. The molecular weight excluding hydrogens is 404 g/mol. The molecule has 1 aromatic carbocycles. The van der Waals surface area contributed by atoms with E-state index in [4.69, 9.17) is 9.47 Å². The van der Waals surface area contributed by atoms with Crippen LogP contribution in [0.3, 0.4) is 0 Å². The topological polar surface area (TPSA) is 60.5 Å². The molecule has 2 aromatic heterocycles. The van der Waals surface area contributed by atoms with Gasteiger partial charge >= 0.3 is 0 Å². The zero-order valence-electron chi connectivity index (χ0n) is 13.4. The summed E-state index contributed by atoms with van der Waals surface area (Å²) >= 11 is 4.73. The maximum atomic E-state index is 12.3. The van der Waals surface area contributed by atoms with E-state index in [1.54, 1.807) is 43.8 Å². The van der Waals surface area contributed by atoms with Gasteiger partial charge < -0.3 is 14.8 Å². The van der Waals surface area contributed by atoms with Crippen LogP contribution in [0, 0.1) is 0 Å². The first-order valence-electron chi connectivity index (χ1n) is 7.42. The van der Waals surface area contributed by atoms with Crippen LogP contribution in [0.4, 0.5) is 5.69 Å². The lowest BCUT2D eigenvalue weighted by atomic mass is 10.2. The van der Waals surface area contributed by atoms with Gasteiger partial charge in [0, 0.05) is 29.7 Å². The Bertz CT molecular complexity index is 868. The van der Waals surface area contributed by atoms with Crippen molar-refractivity contribution in [2.45, 2.75) is 6.61 Å². The molecule has 3 rings (SSSR count). The highest BCUT2D eigenvalue weighted by Gasteiger charge is 2.11. The Hall–Kier alpha value is -2.38. The Morgan fingerprint density at radius 3 is 2.80 bits per heavy atom. The molecular formula is C18H15BrN2O3S. The van der Waals surface area contributed by atoms with Crippen LogP contribution in [0.15, 0.2) is 58.6 Å². The van der Waals surface area contributed by atoms with Gasteiger partial charge in [0.25, 0.3) is 5.91 Å². The molecule has 1 N–H and O–H groups in total. The van der Waals surface area contributed by atoms with Gasteiger partial charge in [0.2, 0.25) is 0 Å². The second-order valence-corrected chi connectivity index (χ2v) is 7.54. The number of ether oxygens (including phenoxy) is 2. The number of hydrogen-bond acceptors (Lipinski definition) is 5. The molecule has 7 heteroatoms. The number of aromatic nitrogens is 1. The molecule has 0 unspecified atom stereocenters. The molecule has 3 aromatic rings. The molecule has 0 saturated heterocycles. The fourth-order valence-corrected chi connectivity index (χ4v) is 3.42. The normalized spacial score (nSPS) is 10.3. The smallest absolute Gasteiger partial charge is 0.265 e. The first-order chi connectivity index (χ1) is 12.2. The van der Waals surface area contributed by atoms with Crippen molar-refractivity contribution in [3.8, 4) is 11.5 Å². The molecule has 0 bridgehead atoms. The van der Waals surface area contributed by atoms with Crippen molar-refractivity contribution < 1.29 is 14.3 Å². The molecule has 0 radical (unpaired) electrons. The van der Waals surface area contributed by atoms with Crippen LogP contribution >= 0.6 is 27.3 Å². The number of methoxy groups -OCH3 is 1. The Kier molecular flexibility index (Phi) is 5.67. The summed E-state index contributed by atoms with van der Waals surface area (Å²) in [6, 6.07) is 12.7. The Labute approximate surface area is 157 Å². The predicted octanol–water partition coefficient (Wildman–Crippen LogP) is 4.75. The summed E-state index contributed by atoms with van der Waals surface area (Å²) in [4.78, 5) is 17.0. The number of nitrogens with one attached hydrogen (secondary N) is 1. The van der Waals surface area contributed by atoms with E-state index in [0.29, 0.717) is 28.7 Å². The predicted molar refractivity (Wildman–Crippen MR) is 102 cm³/mol. The van der Waals surface area contributed by atoms with Crippen LogP contribution < -0.4 is 14.8 Å². The van der Waals surface area contributed by atoms with Crippen LogP contribution in [0.2, 0.25) is 0 Å². The van der Waals surface area contributed by atoms with E-state index in [0.717, 1.165) is 9.35 Å². The molecule has 0 aliphatic carbocycles. The maximum Gasteiger partial charge on any atom is 0.265 e. The van der Waals surface area contributed by atoms with E-state index >= 15 is 0 Å². The van der Waals surface area contributed by atoms with Crippen molar-refractivity contribution in [1.29, 1.82) is 0 Å². The van der Waals surface area contributed by atoms with E-state index in [-0.39, 0.29) is 5.91 Å². The van der Waals surface area contributed by atoms with E-state index < -0.39 is 0 Å². The first kappa shape index (κ1) is 17.4. The van der Waals surface area contributed by atoms with Gasteiger partial charge in [-0.2, -0.15) is 0 Å². The second kappa shape index (κ2) is 8.13. The number of benzene rings is 1. The van der Waals surface area contributed by atoms with Crippen molar-refractivity contribution >= 4 is 38.9 Å². The van der Waals surface area contributed by atoms with E-state index in [1.165, 1.54) is 11.3 Å². The maximum absolute atomic E-state index is 12.3. The summed E-state index contributed by atoms with van der Waals surface area (Å²) in [7, 11) is 1.58. The van der Waals surface area contributed by atoms with Gasteiger partial charge in [-0.1, -0.05) is 6.07 Å². The minimum Gasteiger partial charge on any atom is -0.493 e. The second-order valence-electron chi connectivity index (χ2n) is 5.07. The third-order valence-corrected chi connectivity index (χ3v) is 4.96. The van der Waals surface area contributed by atoms with Crippen LogP contribution in [0.25, 0.3) is 0 Å². The average Bonchev–Trinajstić information content (AvgIpc) is 3.07. The summed E-state index contributed by atoms with van der Waals surface area (Å²) < 4.78 is 12.1. The highest BCUT2D eigenvalue weighted by molar-refractivity contribution is 9.11. The lowest BCUT2D eigenvalue weighted by Gasteiger charge is -2.13. The molecule has 5 nitrogen and oxygen atoms in total. The molecule has 0 fully saturated rings. The van der Waals surface area contributed by atoms with Crippen LogP contribution in [0.1, 0.15) is 15.2 Å². The number of amides is 1. The van der Waals surface area contributed by atoms with Gasteiger partial charge in [0.1, 0.15) is 6.61 Å². The van der Waals surface area contributed by atoms with Crippen molar-refractivity contribution in [3.05, 3.63) is 69.1 Å². The lowest BCUT2D eigenvalue weighted by Crippen LogP contribution is -2.10. The van der Waals surface area contributed by atoms with Gasteiger partial charge in [-0.05, 0) is 46.3 Å². The zero-order valence-corrected chi connectivity index (χ0v) is 15.8. The Morgan fingerprint density at radius 1 is 1.24 bits per heavy atom. The number of rotatable bonds is 6. The van der Waals surface area contributed by atoms with Crippen molar-refractivity contribution in [1.82, 2.24) is 4.98 Å². The summed E-state index contributed by atoms with van der Waals surface area (Å²) in [6.45, 7) is 0.361. The van der Waals surface area contributed by atoms with Crippen LogP contribution in [0.5, 0.6) is 11.5 Å². The molecule has 0 aliphatic rings. The zero-order chi connectivity index (χ0) is 17.6. The largest absolute Gasteiger partial charge is 0.493 e. The van der Waals surface area contributed by atoms with Gasteiger partial charge in [-0.3, -0.25) is 9.78 Å². The van der Waals surface area contributed by atoms with Gasteiger partial charge in [-0.15, -0.1) is 11.3 Å². The van der Waals surface area contributed by atoms with Gasteiger partial charge in [-0.25, -0.2) is 0 Å². The van der Waals surface area contributed by atoms with Crippen molar-refractivity contribution in [2.75, 3.05) is 12.4 Å². The highest BCUT2D eigenvalue weighted by Crippen LogP contribution is 2.31. The van der Waals surface area contributed by atoms with E-state index in [1.807, 2.05) is 18.2 Å². The summed E-state index contributed by atoms with van der Waals surface area (Å²) in [5.74, 6) is 0.983. The molecule has 0 atom stereocenters. The summed E-state index contributed by atoms with van der Waals surface area (Å²) in [5.41, 5.74) is 1.58. The van der Waals surface area contributed by atoms with Gasteiger partial charge in [0.15, 0.2) is 11.5 Å². The number of pyridine rings is 1. The molecule has 2 heterocycles. The molecule has 1 amide bonds. The third kappa shape index (κ3) is 4.58. The lowest BCUT2D eigenvalue weighted by molar-refractivity contribution is 0.103. The van der Waals surface area contributed by atoms with Crippen LogP contribution in [-0.2, 0) is 6.61 Å². The third-order valence-electron chi connectivity index (χ3n) is 3.34. The van der Waals surface area contributed by atoms with Gasteiger partial charge in [0.05, 0.1) is 15.8 Å². The molecule has 0 saturated carbocycles. The Morgan fingerprint density at radius 2 is 2.12 bits per heavy atom. The number of thiophene rings is 1. The number of carbonyl (C=O) groups excluding carboxylic acids is 1. The monoisotopic (exact) mass is 418 g/mol. The summed E-state index contributed by atoms with van der Waals surface area (Å²) in [5, 5.41) is 2.86. The number of halogens is 1. The highest BCUT2D eigenvalue weighted by atomic mass is 79.9. The molecule has 128 valence electrons. The van der Waals surface area contributed by atoms with Crippen molar-refractivity contribution in [3.63, 3.8) is 0 Å². The minimum absolute atomic E-state index is 0.168.